The number of hydrogen-bond acceptors (Lipinski definition) is 2. The van der Waals surface area contributed by atoms with Crippen molar-refractivity contribution in [1.29, 1.82) is 5.26 Å². The summed E-state index contributed by atoms with van der Waals surface area (Å²) in [4.78, 5) is 14.4. The van der Waals surface area contributed by atoms with Crippen molar-refractivity contribution in [3.05, 3.63) is 120 Å². The maximum absolute atomic E-state index is 14.4. The molecular formula is C31H28N2OP+. The molecule has 3 nitrogen and oxygen atoms in total. The third-order valence-electron chi connectivity index (χ3n) is 7.12. The van der Waals surface area contributed by atoms with Gasteiger partial charge in [-0.1, -0.05) is 54.6 Å². The van der Waals surface area contributed by atoms with Crippen LogP contribution < -0.4 is 21.2 Å². The number of carbonyl (C=O) groups is 1. The minimum atomic E-state index is -2.35. The molecule has 172 valence electrons. The fourth-order valence-electron chi connectivity index (χ4n) is 5.43. The molecule has 1 aliphatic rings. The molecule has 35 heavy (non-hydrogen) atoms. The van der Waals surface area contributed by atoms with Crippen molar-refractivity contribution in [2.45, 2.75) is 31.8 Å². The van der Waals surface area contributed by atoms with E-state index < -0.39 is 12.4 Å². The zero-order chi connectivity index (χ0) is 24.5. The van der Waals surface area contributed by atoms with Gasteiger partial charge in [0.1, 0.15) is 23.2 Å². The molecule has 0 radical (unpaired) electrons. The second kappa shape index (κ2) is 9.14. The summed E-state index contributed by atoms with van der Waals surface area (Å²) in [6.45, 7) is 3.91. The predicted molar refractivity (Wildman–Crippen MR) is 146 cm³/mol. The Kier molecular flexibility index (Phi) is 6.01. The van der Waals surface area contributed by atoms with Crippen molar-refractivity contribution in [2.75, 3.05) is 5.32 Å². The summed E-state index contributed by atoms with van der Waals surface area (Å²) in [6.07, 6.45) is 1.67. The molecule has 0 unspecified atom stereocenters. The van der Waals surface area contributed by atoms with Gasteiger partial charge >= 0.3 is 0 Å². The maximum Gasteiger partial charge on any atom is 0.269 e. The quantitative estimate of drug-likeness (QED) is 0.367. The summed E-state index contributed by atoms with van der Waals surface area (Å²) in [5.41, 5.74) is 3.24. The van der Waals surface area contributed by atoms with Crippen LogP contribution in [0.3, 0.4) is 0 Å². The number of nitrogens with one attached hydrogen (secondary N) is 1. The first-order valence-electron chi connectivity index (χ1n) is 11.9. The van der Waals surface area contributed by atoms with E-state index in [1.165, 1.54) is 15.9 Å². The molecule has 0 atom stereocenters. The number of aryl methyl sites for hydroxylation is 2. The van der Waals surface area contributed by atoms with Crippen LogP contribution in [-0.4, -0.2) is 11.1 Å². The van der Waals surface area contributed by atoms with Gasteiger partial charge in [-0.25, -0.2) is 0 Å². The van der Waals surface area contributed by atoms with Gasteiger partial charge in [-0.3, -0.25) is 4.79 Å². The van der Waals surface area contributed by atoms with Gasteiger partial charge in [0, 0.05) is 18.5 Å². The number of nitrogens with zero attached hydrogens (tertiary/aromatic N) is 1. The Balaban J connectivity index is 1.72. The molecule has 0 heterocycles. The van der Waals surface area contributed by atoms with Crippen molar-refractivity contribution in [2.24, 2.45) is 0 Å². The van der Waals surface area contributed by atoms with Crippen molar-refractivity contribution < 1.29 is 4.79 Å². The van der Waals surface area contributed by atoms with E-state index in [4.69, 9.17) is 0 Å². The van der Waals surface area contributed by atoms with Crippen LogP contribution >= 0.6 is 7.26 Å². The summed E-state index contributed by atoms with van der Waals surface area (Å²) >= 11 is 0. The number of hydrogen-bond donors (Lipinski definition) is 1. The number of rotatable bonds is 6. The molecule has 1 N–H and O–H groups in total. The third-order valence-corrected chi connectivity index (χ3v) is 12.3. The fourth-order valence-corrected chi connectivity index (χ4v) is 10.8. The lowest BCUT2D eigenvalue weighted by molar-refractivity contribution is -0.116. The topological polar surface area (TPSA) is 52.9 Å². The molecule has 1 aliphatic carbocycles. The first-order chi connectivity index (χ1) is 17.0. The van der Waals surface area contributed by atoms with E-state index in [1.54, 1.807) is 0 Å². The molecule has 0 bridgehead atoms. The molecule has 4 aromatic rings. The smallest absolute Gasteiger partial charge is 0.269 e. The lowest BCUT2D eigenvalue weighted by atomic mass is 10.0. The maximum atomic E-state index is 14.4. The zero-order valence-corrected chi connectivity index (χ0v) is 20.9. The summed E-state index contributed by atoms with van der Waals surface area (Å²) in [7, 11) is -2.35. The number of anilines is 1. The third kappa shape index (κ3) is 3.75. The number of nitriles is 1. The average Bonchev–Trinajstić information content (AvgIpc) is 3.71. The highest BCUT2D eigenvalue weighted by Crippen LogP contribution is 2.75. The van der Waals surface area contributed by atoms with Gasteiger partial charge in [-0.15, -0.1) is 0 Å². The minimum absolute atomic E-state index is 0.0679. The van der Waals surface area contributed by atoms with E-state index in [0.29, 0.717) is 5.56 Å². The predicted octanol–water partition coefficient (Wildman–Crippen LogP) is 5.64. The van der Waals surface area contributed by atoms with Crippen LogP contribution in [0.4, 0.5) is 5.69 Å². The van der Waals surface area contributed by atoms with Crippen molar-refractivity contribution in [3.8, 4) is 6.07 Å². The van der Waals surface area contributed by atoms with Crippen LogP contribution in [-0.2, 0) is 4.79 Å². The van der Waals surface area contributed by atoms with Crippen LogP contribution in [0.15, 0.2) is 103 Å². The number of benzene rings is 4. The largest absolute Gasteiger partial charge is 0.322 e. The molecular weight excluding hydrogens is 447 g/mol. The van der Waals surface area contributed by atoms with Crippen molar-refractivity contribution in [1.82, 2.24) is 0 Å². The van der Waals surface area contributed by atoms with Gasteiger partial charge in [0.2, 0.25) is 0 Å². The summed E-state index contributed by atoms with van der Waals surface area (Å²) < 4.78 is 0. The van der Waals surface area contributed by atoms with Gasteiger partial charge < -0.3 is 5.32 Å². The van der Waals surface area contributed by atoms with Gasteiger partial charge in [0.15, 0.2) is 5.16 Å². The zero-order valence-electron chi connectivity index (χ0n) is 20.0. The summed E-state index contributed by atoms with van der Waals surface area (Å²) in [5, 5.41) is 15.8. The van der Waals surface area contributed by atoms with E-state index in [0.717, 1.165) is 29.7 Å². The Hall–Kier alpha value is -3.73. The fraction of sp³-hybridized carbons (Fsp3) is 0.161. The number of carbonyl (C=O) groups excluding carboxylic acids is 1. The van der Waals surface area contributed by atoms with Crippen molar-refractivity contribution in [3.63, 3.8) is 0 Å². The molecule has 0 aliphatic heterocycles. The van der Waals surface area contributed by atoms with Crippen LogP contribution in [0.2, 0.25) is 0 Å². The lowest BCUT2D eigenvalue weighted by Gasteiger charge is -2.34. The summed E-state index contributed by atoms with van der Waals surface area (Å²) in [5.74, 6) is 0.0679. The molecule has 1 fully saturated rings. The Morgan fingerprint density at radius 1 is 0.771 bits per heavy atom. The minimum Gasteiger partial charge on any atom is -0.322 e. The molecule has 5 rings (SSSR count). The molecule has 0 saturated heterocycles. The Morgan fingerprint density at radius 2 is 1.17 bits per heavy atom. The highest BCUT2D eigenvalue weighted by Gasteiger charge is 2.73. The second-order valence-electron chi connectivity index (χ2n) is 9.26. The molecule has 4 heteroatoms. The molecule has 0 spiro atoms. The van der Waals surface area contributed by atoms with Crippen LogP contribution in [0.1, 0.15) is 29.5 Å². The number of amides is 1. The highest BCUT2D eigenvalue weighted by molar-refractivity contribution is 7.97. The van der Waals surface area contributed by atoms with E-state index in [-0.39, 0.29) is 5.91 Å². The molecule has 1 saturated carbocycles. The van der Waals surface area contributed by atoms with Crippen LogP contribution in [0.25, 0.3) is 0 Å². The first-order valence-corrected chi connectivity index (χ1v) is 13.7. The van der Waals surface area contributed by atoms with Crippen LogP contribution in [0.5, 0.6) is 0 Å². The normalized spacial score (nSPS) is 14.1. The monoisotopic (exact) mass is 475 g/mol. The van der Waals surface area contributed by atoms with E-state index in [2.05, 4.69) is 84.2 Å². The average molecular weight is 476 g/mol. The lowest BCUT2D eigenvalue weighted by Crippen LogP contribution is -2.46. The highest BCUT2D eigenvalue weighted by atomic mass is 31.2. The van der Waals surface area contributed by atoms with Crippen LogP contribution in [0, 0.1) is 25.2 Å². The Morgan fingerprint density at radius 3 is 1.51 bits per heavy atom. The standard InChI is InChI=1S/C31H27N2OP/c1-23-20-25(22-32)21-24(2)29(23)33-30(34)31(18-19-31)35(26-12-6-3-7-13-26,27-14-8-4-9-15-27)28-16-10-5-11-17-28/h3-17,20-21H,18-19H2,1-2H3/p+1. The molecule has 1 amide bonds. The Bertz CT molecular complexity index is 1290. The second-order valence-corrected chi connectivity index (χ2v) is 13.0. The van der Waals surface area contributed by atoms with Gasteiger partial charge in [0.05, 0.1) is 11.6 Å². The molecule has 0 aromatic heterocycles. The Labute approximate surface area is 207 Å². The molecule has 4 aromatic carbocycles. The SMILES string of the molecule is Cc1cc(C#N)cc(C)c1NC(=O)C1([P+](c2ccccc2)(c2ccccc2)c2ccccc2)CC1. The van der Waals surface area contributed by atoms with Gasteiger partial charge in [-0.2, -0.15) is 5.26 Å². The summed E-state index contributed by atoms with van der Waals surface area (Å²) in [6, 6.07) is 37.7. The van der Waals surface area contributed by atoms with Crippen molar-refractivity contribution >= 4 is 34.8 Å². The van der Waals surface area contributed by atoms with E-state index in [1.807, 2.05) is 44.2 Å². The van der Waals surface area contributed by atoms with E-state index >= 15 is 0 Å². The van der Waals surface area contributed by atoms with Gasteiger partial charge in [-0.05, 0) is 73.5 Å². The van der Waals surface area contributed by atoms with E-state index in [9.17, 15) is 10.1 Å². The van der Waals surface area contributed by atoms with Gasteiger partial charge in [0.25, 0.3) is 5.91 Å². The first kappa shape index (κ1) is 23.0.